The van der Waals surface area contributed by atoms with Crippen LogP contribution in [0.3, 0.4) is 0 Å². The van der Waals surface area contributed by atoms with E-state index in [0.717, 1.165) is 12.8 Å². The lowest BCUT2D eigenvalue weighted by molar-refractivity contribution is 0.181. The molecule has 0 aliphatic heterocycles. The van der Waals surface area contributed by atoms with Gasteiger partial charge in [-0.1, -0.05) is 12.5 Å². The Balaban J connectivity index is 2.06. The molecule has 0 heterocycles. The van der Waals surface area contributed by atoms with Crippen molar-refractivity contribution in [3.05, 3.63) is 24.0 Å². The molecule has 1 aliphatic rings. The van der Waals surface area contributed by atoms with Crippen molar-refractivity contribution in [2.24, 2.45) is 5.92 Å². The summed E-state index contributed by atoms with van der Waals surface area (Å²) in [6.45, 7) is 0.517. The average molecular weight is 224 g/mol. The van der Waals surface area contributed by atoms with Crippen LogP contribution in [0.5, 0.6) is 5.75 Å². The average Bonchev–Trinajstić information content (AvgIpc) is 2.14. The summed E-state index contributed by atoms with van der Waals surface area (Å²) in [4.78, 5) is 0. The summed E-state index contributed by atoms with van der Waals surface area (Å²) in [7, 11) is -1.63. The highest BCUT2D eigenvalue weighted by molar-refractivity contribution is 6.59. The lowest BCUT2D eigenvalue weighted by atomic mass is 9.79. The third-order valence-corrected chi connectivity index (χ3v) is 2.95. The van der Waals surface area contributed by atoms with Crippen molar-refractivity contribution in [1.82, 2.24) is 0 Å². The summed E-state index contributed by atoms with van der Waals surface area (Å²) in [5.74, 6) is 0.307. The van der Waals surface area contributed by atoms with Crippen molar-refractivity contribution in [2.45, 2.75) is 19.3 Å². The normalized spacial score (nSPS) is 15.7. The smallest absolute Gasteiger partial charge is 0.492 e. The van der Waals surface area contributed by atoms with Gasteiger partial charge in [0.1, 0.15) is 11.6 Å². The fourth-order valence-corrected chi connectivity index (χ4v) is 1.71. The molecule has 1 aromatic rings. The van der Waals surface area contributed by atoms with E-state index in [1.54, 1.807) is 0 Å². The van der Waals surface area contributed by atoms with Crippen LogP contribution < -0.4 is 10.2 Å². The molecule has 0 aromatic heterocycles. The molecule has 3 nitrogen and oxygen atoms in total. The largest absolute Gasteiger partial charge is 0.494 e. The molecule has 1 aromatic carbocycles. The number of rotatable bonds is 4. The van der Waals surface area contributed by atoms with Gasteiger partial charge in [0.15, 0.2) is 0 Å². The predicted octanol–water partition coefficient (Wildman–Crippen LogP) is 0.684. The van der Waals surface area contributed by atoms with Crippen molar-refractivity contribution < 1.29 is 19.2 Å². The van der Waals surface area contributed by atoms with Crippen LogP contribution >= 0.6 is 0 Å². The number of halogens is 1. The van der Waals surface area contributed by atoms with E-state index in [0.29, 0.717) is 12.5 Å². The van der Waals surface area contributed by atoms with Crippen LogP contribution in [0.15, 0.2) is 18.2 Å². The molecule has 2 N–H and O–H groups in total. The SMILES string of the molecule is OB(O)c1ccc(F)cc1OCC1CCC1. The van der Waals surface area contributed by atoms with E-state index in [9.17, 15) is 4.39 Å². The number of hydrogen-bond donors (Lipinski definition) is 2. The highest BCUT2D eigenvalue weighted by Crippen LogP contribution is 2.26. The molecule has 0 bridgehead atoms. The van der Waals surface area contributed by atoms with Gasteiger partial charge in [-0.2, -0.15) is 0 Å². The first-order chi connectivity index (χ1) is 7.66. The molecule has 1 saturated carbocycles. The van der Waals surface area contributed by atoms with Crippen molar-refractivity contribution in [2.75, 3.05) is 6.61 Å². The molecule has 0 amide bonds. The summed E-state index contributed by atoms with van der Waals surface area (Å²) >= 11 is 0. The van der Waals surface area contributed by atoms with E-state index >= 15 is 0 Å². The highest BCUT2D eigenvalue weighted by atomic mass is 19.1. The predicted molar refractivity (Wildman–Crippen MR) is 59.1 cm³/mol. The Morgan fingerprint density at radius 2 is 2.12 bits per heavy atom. The zero-order chi connectivity index (χ0) is 11.5. The second kappa shape index (κ2) is 4.85. The van der Waals surface area contributed by atoms with Gasteiger partial charge in [0.2, 0.25) is 0 Å². The van der Waals surface area contributed by atoms with E-state index in [4.69, 9.17) is 14.8 Å². The van der Waals surface area contributed by atoms with E-state index in [1.165, 1.54) is 24.6 Å². The molecule has 0 saturated heterocycles. The Bertz CT molecular complexity index is 366. The lowest BCUT2D eigenvalue weighted by Gasteiger charge is -2.25. The molecule has 86 valence electrons. The van der Waals surface area contributed by atoms with Crippen molar-refractivity contribution in [3.63, 3.8) is 0 Å². The van der Waals surface area contributed by atoms with Gasteiger partial charge in [-0.3, -0.25) is 0 Å². The maximum Gasteiger partial charge on any atom is 0.492 e. The lowest BCUT2D eigenvalue weighted by Crippen LogP contribution is -2.32. The molecule has 0 radical (unpaired) electrons. The maximum atomic E-state index is 13.0. The van der Waals surface area contributed by atoms with Crippen molar-refractivity contribution in [3.8, 4) is 5.75 Å². The molecule has 0 atom stereocenters. The first-order valence-corrected chi connectivity index (χ1v) is 5.45. The van der Waals surface area contributed by atoms with Crippen molar-refractivity contribution in [1.29, 1.82) is 0 Å². The molecule has 5 heteroatoms. The van der Waals surface area contributed by atoms with E-state index in [1.807, 2.05) is 0 Å². The molecule has 1 fully saturated rings. The van der Waals surface area contributed by atoms with Gasteiger partial charge >= 0.3 is 7.12 Å². The summed E-state index contributed by atoms with van der Waals surface area (Å²) in [6.07, 6.45) is 3.48. The van der Waals surface area contributed by atoms with Crippen LogP contribution in [-0.4, -0.2) is 23.8 Å². The molecule has 1 aliphatic carbocycles. The minimum atomic E-state index is -1.63. The fourth-order valence-electron chi connectivity index (χ4n) is 1.71. The summed E-state index contributed by atoms with van der Waals surface area (Å²) in [5, 5.41) is 18.2. The molecule has 0 unspecified atom stereocenters. The summed E-state index contributed by atoms with van der Waals surface area (Å²) in [5.41, 5.74) is 0.209. The van der Waals surface area contributed by atoms with Gasteiger partial charge in [-0.15, -0.1) is 0 Å². The number of hydrogen-bond acceptors (Lipinski definition) is 3. The Hall–Kier alpha value is -1.07. The van der Waals surface area contributed by atoms with Gasteiger partial charge in [-0.25, -0.2) is 4.39 Å². The van der Waals surface area contributed by atoms with Crippen molar-refractivity contribution >= 4 is 12.6 Å². The minimum absolute atomic E-state index is 0.209. The van der Waals surface area contributed by atoms with Crippen LogP contribution in [0.4, 0.5) is 4.39 Å². The topological polar surface area (TPSA) is 49.7 Å². The fraction of sp³-hybridized carbons (Fsp3) is 0.455. The second-order valence-electron chi connectivity index (χ2n) is 4.16. The third kappa shape index (κ3) is 2.54. The number of ether oxygens (including phenoxy) is 1. The van der Waals surface area contributed by atoms with Gasteiger partial charge < -0.3 is 14.8 Å². The van der Waals surface area contributed by atoms with Gasteiger partial charge in [0, 0.05) is 11.5 Å². The first-order valence-electron chi connectivity index (χ1n) is 5.45. The Kier molecular flexibility index (Phi) is 3.46. The van der Waals surface area contributed by atoms with Crippen LogP contribution in [0, 0.1) is 11.7 Å². The van der Waals surface area contributed by atoms with Crippen LogP contribution in [0.25, 0.3) is 0 Å². The highest BCUT2D eigenvalue weighted by Gasteiger charge is 2.21. The second-order valence-corrected chi connectivity index (χ2v) is 4.16. The minimum Gasteiger partial charge on any atom is -0.494 e. The van der Waals surface area contributed by atoms with Crippen LogP contribution in [0.1, 0.15) is 19.3 Å². The summed E-state index contributed by atoms with van der Waals surface area (Å²) in [6, 6.07) is 3.70. The van der Waals surface area contributed by atoms with E-state index in [-0.39, 0.29) is 11.2 Å². The van der Waals surface area contributed by atoms with Crippen LogP contribution in [-0.2, 0) is 0 Å². The first kappa shape index (κ1) is 11.4. The zero-order valence-corrected chi connectivity index (χ0v) is 8.90. The Labute approximate surface area is 94.0 Å². The molecule has 16 heavy (non-hydrogen) atoms. The number of benzene rings is 1. The van der Waals surface area contributed by atoms with Gasteiger partial charge in [0.05, 0.1) is 6.61 Å². The monoisotopic (exact) mass is 224 g/mol. The quantitative estimate of drug-likeness (QED) is 0.739. The molecule has 2 rings (SSSR count). The van der Waals surface area contributed by atoms with E-state index in [2.05, 4.69) is 0 Å². The molecular formula is C11H14BFO3. The Morgan fingerprint density at radius 3 is 2.69 bits per heavy atom. The Morgan fingerprint density at radius 1 is 1.38 bits per heavy atom. The van der Waals surface area contributed by atoms with Crippen LogP contribution in [0.2, 0.25) is 0 Å². The standard InChI is InChI=1S/C11H14BFO3/c13-9-4-5-10(12(14)15)11(6-9)16-7-8-2-1-3-8/h4-6,8,14-15H,1-3,7H2. The molecular weight excluding hydrogens is 210 g/mol. The van der Waals surface area contributed by atoms with E-state index < -0.39 is 12.9 Å². The van der Waals surface area contributed by atoms with Gasteiger partial charge in [-0.05, 0) is 24.8 Å². The summed E-state index contributed by atoms with van der Waals surface area (Å²) < 4.78 is 18.4. The maximum absolute atomic E-state index is 13.0. The zero-order valence-electron chi connectivity index (χ0n) is 8.90. The third-order valence-electron chi connectivity index (χ3n) is 2.95. The van der Waals surface area contributed by atoms with Gasteiger partial charge in [0.25, 0.3) is 0 Å². The molecule has 0 spiro atoms.